The molecule has 0 atom stereocenters. The Balaban J connectivity index is 2.08. The maximum Gasteiger partial charge on any atom is 0.165 e. The number of carbonyl (C=O) groups is 1. The lowest BCUT2D eigenvalue weighted by Crippen LogP contribution is -2.24. The minimum Gasteiger partial charge on any atom is -0.393 e. The van der Waals surface area contributed by atoms with Gasteiger partial charge in [0.25, 0.3) is 0 Å². The Hall–Kier alpha value is -1.15. The summed E-state index contributed by atoms with van der Waals surface area (Å²) in [5.74, 6) is 0.344. The molecule has 1 aromatic carbocycles. The molecule has 1 N–H and O–H groups in total. The fourth-order valence-corrected chi connectivity index (χ4v) is 2.71. The predicted octanol–water partition coefficient (Wildman–Crippen LogP) is 3.72. The lowest BCUT2D eigenvalue weighted by molar-refractivity contribution is 0.0764. The Morgan fingerprint density at radius 3 is 2.05 bits per heavy atom. The van der Waals surface area contributed by atoms with Gasteiger partial charge in [-0.3, -0.25) is 4.79 Å². The van der Waals surface area contributed by atoms with Crippen LogP contribution in [0.2, 0.25) is 0 Å². The molecule has 2 heteroatoms. The molecule has 1 saturated carbocycles. The van der Waals surface area contributed by atoms with Crippen LogP contribution in [0.5, 0.6) is 0 Å². The summed E-state index contributed by atoms with van der Waals surface area (Å²) in [6, 6.07) is 8.03. The van der Waals surface area contributed by atoms with Crippen LogP contribution in [0.25, 0.3) is 0 Å². The first-order valence-corrected chi connectivity index (χ1v) is 7.21. The number of hydrogen-bond donors (Lipinski definition) is 1. The molecule has 19 heavy (non-hydrogen) atoms. The number of ketones is 1. The van der Waals surface area contributed by atoms with Crippen molar-refractivity contribution >= 4 is 5.78 Å². The molecule has 0 aromatic heterocycles. The summed E-state index contributed by atoms with van der Waals surface area (Å²) in [4.78, 5) is 12.4. The molecule has 0 bridgehead atoms. The Kier molecular flexibility index (Phi) is 4.10. The second-order valence-electron chi connectivity index (χ2n) is 6.70. The first-order valence-electron chi connectivity index (χ1n) is 7.21. The monoisotopic (exact) mass is 260 g/mol. The third-order valence-electron chi connectivity index (χ3n) is 4.10. The molecule has 0 unspecified atom stereocenters. The molecule has 0 aliphatic heterocycles. The van der Waals surface area contributed by atoms with E-state index >= 15 is 0 Å². The van der Waals surface area contributed by atoms with E-state index in [2.05, 4.69) is 32.9 Å². The number of Topliss-reactive ketones (excluding diaryl/α,β-unsaturated/α-hetero) is 1. The number of rotatable bonds is 2. The van der Waals surface area contributed by atoms with Gasteiger partial charge in [-0.1, -0.05) is 45.0 Å². The van der Waals surface area contributed by atoms with Crippen molar-refractivity contribution in [1.82, 2.24) is 0 Å². The van der Waals surface area contributed by atoms with Gasteiger partial charge in [-0.15, -0.1) is 0 Å². The van der Waals surface area contributed by atoms with E-state index in [9.17, 15) is 9.90 Å². The third-order valence-corrected chi connectivity index (χ3v) is 4.10. The van der Waals surface area contributed by atoms with Crippen LogP contribution in [0.1, 0.15) is 62.4 Å². The van der Waals surface area contributed by atoms with Crippen LogP contribution in [-0.2, 0) is 5.41 Å². The average Bonchev–Trinajstić information content (AvgIpc) is 2.38. The molecule has 0 amide bonds. The molecule has 0 saturated heterocycles. The summed E-state index contributed by atoms with van der Waals surface area (Å²) in [5.41, 5.74) is 2.19. The normalized spacial score (nSPS) is 24.2. The Morgan fingerprint density at radius 2 is 1.58 bits per heavy atom. The largest absolute Gasteiger partial charge is 0.393 e. The number of benzene rings is 1. The predicted molar refractivity (Wildman–Crippen MR) is 77.4 cm³/mol. The lowest BCUT2D eigenvalue weighted by atomic mass is 9.81. The lowest BCUT2D eigenvalue weighted by Gasteiger charge is -2.24. The van der Waals surface area contributed by atoms with E-state index in [1.807, 2.05) is 12.1 Å². The van der Waals surface area contributed by atoms with Crippen molar-refractivity contribution in [2.45, 2.75) is 58.0 Å². The Bertz CT molecular complexity index is 431. The van der Waals surface area contributed by atoms with Crippen molar-refractivity contribution in [1.29, 1.82) is 0 Å². The second kappa shape index (κ2) is 5.46. The number of carbonyl (C=O) groups excluding carboxylic acids is 1. The highest BCUT2D eigenvalue weighted by Gasteiger charge is 2.26. The van der Waals surface area contributed by atoms with Crippen LogP contribution >= 0.6 is 0 Å². The van der Waals surface area contributed by atoms with Crippen LogP contribution in [0.4, 0.5) is 0 Å². The fraction of sp³-hybridized carbons (Fsp3) is 0.588. The van der Waals surface area contributed by atoms with Gasteiger partial charge < -0.3 is 5.11 Å². The summed E-state index contributed by atoms with van der Waals surface area (Å²) < 4.78 is 0. The zero-order chi connectivity index (χ0) is 14.0. The first kappa shape index (κ1) is 14.3. The second-order valence-corrected chi connectivity index (χ2v) is 6.70. The third kappa shape index (κ3) is 3.44. The molecule has 1 aliphatic carbocycles. The van der Waals surface area contributed by atoms with E-state index in [4.69, 9.17) is 0 Å². The van der Waals surface area contributed by atoms with E-state index in [0.717, 1.165) is 31.2 Å². The Labute approximate surface area is 115 Å². The molecule has 0 radical (unpaired) electrons. The number of hydrogen-bond acceptors (Lipinski definition) is 2. The van der Waals surface area contributed by atoms with Crippen molar-refractivity contribution in [3.05, 3.63) is 35.4 Å². The first-order chi connectivity index (χ1) is 8.88. The number of aliphatic hydroxyl groups is 1. The minimum absolute atomic E-state index is 0.101. The molecule has 2 nitrogen and oxygen atoms in total. The van der Waals surface area contributed by atoms with Crippen LogP contribution < -0.4 is 0 Å². The topological polar surface area (TPSA) is 37.3 Å². The van der Waals surface area contributed by atoms with Crippen molar-refractivity contribution in [2.24, 2.45) is 5.92 Å². The highest BCUT2D eigenvalue weighted by Crippen LogP contribution is 2.28. The Morgan fingerprint density at radius 1 is 1.05 bits per heavy atom. The van der Waals surface area contributed by atoms with Crippen molar-refractivity contribution in [3.8, 4) is 0 Å². The van der Waals surface area contributed by atoms with Gasteiger partial charge in [-0.2, -0.15) is 0 Å². The van der Waals surface area contributed by atoms with Gasteiger partial charge in [0.2, 0.25) is 0 Å². The standard InChI is InChI=1S/C17H24O2/c1-17(2,3)14-8-4-12(5-9-14)16(19)13-6-10-15(18)11-7-13/h4-5,8-9,13,15,18H,6-7,10-11H2,1-3H3. The van der Waals surface area contributed by atoms with Crippen molar-refractivity contribution in [3.63, 3.8) is 0 Å². The van der Waals surface area contributed by atoms with Crippen LogP contribution in [0.3, 0.4) is 0 Å². The van der Waals surface area contributed by atoms with E-state index in [1.54, 1.807) is 0 Å². The van der Waals surface area contributed by atoms with Gasteiger partial charge >= 0.3 is 0 Å². The van der Waals surface area contributed by atoms with Gasteiger partial charge in [0.05, 0.1) is 6.10 Å². The summed E-state index contributed by atoms with van der Waals surface area (Å²) in [7, 11) is 0. The zero-order valence-electron chi connectivity index (χ0n) is 12.1. The fourth-order valence-electron chi connectivity index (χ4n) is 2.71. The molecule has 1 aromatic rings. The smallest absolute Gasteiger partial charge is 0.165 e. The van der Waals surface area contributed by atoms with Crippen LogP contribution in [0.15, 0.2) is 24.3 Å². The summed E-state index contributed by atoms with van der Waals surface area (Å²) in [6.07, 6.45) is 2.96. The van der Waals surface area contributed by atoms with Crippen molar-refractivity contribution < 1.29 is 9.90 Å². The highest BCUT2D eigenvalue weighted by atomic mass is 16.3. The molecule has 0 spiro atoms. The van der Waals surface area contributed by atoms with Gasteiger partial charge in [0.1, 0.15) is 0 Å². The van der Waals surface area contributed by atoms with E-state index in [-0.39, 0.29) is 23.2 Å². The quantitative estimate of drug-likeness (QED) is 0.823. The highest BCUT2D eigenvalue weighted by molar-refractivity contribution is 5.97. The summed E-state index contributed by atoms with van der Waals surface area (Å²) in [6.45, 7) is 6.52. The van der Waals surface area contributed by atoms with Gasteiger partial charge in [-0.25, -0.2) is 0 Å². The summed E-state index contributed by atoms with van der Waals surface area (Å²) >= 11 is 0. The molecule has 1 fully saturated rings. The van der Waals surface area contributed by atoms with Crippen molar-refractivity contribution in [2.75, 3.05) is 0 Å². The van der Waals surface area contributed by atoms with E-state index < -0.39 is 0 Å². The zero-order valence-corrected chi connectivity index (χ0v) is 12.1. The van der Waals surface area contributed by atoms with E-state index in [1.165, 1.54) is 5.56 Å². The average molecular weight is 260 g/mol. The molecule has 0 heterocycles. The minimum atomic E-state index is -0.202. The molecular weight excluding hydrogens is 236 g/mol. The summed E-state index contributed by atoms with van der Waals surface area (Å²) in [5, 5.41) is 9.49. The molecule has 104 valence electrons. The van der Waals surface area contributed by atoms with Gasteiger partial charge in [-0.05, 0) is 36.7 Å². The van der Waals surface area contributed by atoms with Crippen LogP contribution in [-0.4, -0.2) is 17.0 Å². The van der Waals surface area contributed by atoms with E-state index in [0.29, 0.717) is 0 Å². The maximum absolute atomic E-state index is 12.4. The van der Waals surface area contributed by atoms with Gasteiger partial charge in [0, 0.05) is 11.5 Å². The molecular formula is C17H24O2. The molecule has 2 rings (SSSR count). The van der Waals surface area contributed by atoms with Crippen LogP contribution in [0, 0.1) is 5.92 Å². The SMILES string of the molecule is CC(C)(C)c1ccc(C(=O)C2CCC(O)CC2)cc1. The molecule has 1 aliphatic rings. The van der Waals surface area contributed by atoms with Gasteiger partial charge in [0.15, 0.2) is 5.78 Å². The number of aliphatic hydroxyl groups excluding tert-OH is 1. The maximum atomic E-state index is 12.4.